The molecule has 4 rings (SSSR count). The van der Waals surface area contributed by atoms with E-state index in [9.17, 15) is 0 Å². The molecule has 1 fully saturated rings. The summed E-state index contributed by atoms with van der Waals surface area (Å²) in [4.78, 5) is 11.9. The van der Waals surface area contributed by atoms with Crippen molar-refractivity contribution >= 4 is 17.5 Å². The number of anilines is 3. The van der Waals surface area contributed by atoms with Gasteiger partial charge in [0.15, 0.2) is 11.5 Å². The van der Waals surface area contributed by atoms with Gasteiger partial charge in [-0.05, 0) is 31.4 Å². The average Bonchev–Trinajstić information content (AvgIpc) is 2.80. The third-order valence-electron chi connectivity index (χ3n) is 5.10. The number of piperidine rings is 1. The number of rotatable bonds is 6. The molecule has 0 unspecified atom stereocenters. The molecule has 6 nitrogen and oxygen atoms in total. The van der Waals surface area contributed by atoms with E-state index in [1.165, 1.54) is 19.3 Å². The minimum absolute atomic E-state index is 0.569. The van der Waals surface area contributed by atoms with Crippen LogP contribution in [0.25, 0.3) is 11.3 Å². The van der Waals surface area contributed by atoms with Crippen molar-refractivity contribution in [1.82, 2.24) is 9.97 Å². The number of ether oxygens (including phenoxy) is 2. The van der Waals surface area contributed by atoms with Crippen LogP contribution in [0.2, 0.25) is 0 Å². The molecule has 0 radical (unpaired) electrons. The second-order valence-electron chi connectivity index (χ2n) is 7.04. The van der Waals surface area contributed by atoms with Crippen molar-refractivity contribution in [3.05, 3.63) is 54.6 Å². The van der Waals surface area contributed by atoms with Gasteiger partial charge in [-0.2, -0.15) is 4.98 Å². The van der Waals surface area contributed by atoms with Gasteiger partial charge in [-0.1, -0.05) is 30.3 Å². The van der Waals surface area contributed by atoms with Crippen molar-refractivity contribution in [3.63, 3.8) is 0 Å². The number of aromatic nitrogens is 2. The molecule has 1 aliphatic rings. The fourth-order valence-electron chi connectivity index (χ4n) is 3.58. The van der Waals surface area contributed by atoms with E-state index in [0.29, 0.717) is 17.4 Å². The summed E-state index contributed by atoms with van der Waals surface area (Å²) in [5, 5.41) is 3.34. The summed E-state index contributed by atoms with van der Waals surface area (Å²) in [5.74, 6) is 2.87. The number of nitrogens with zero attached hydrogens (tertiary/aromatic N) is 3. The number of methoxy groups -OCH3 is 2. The van der Waals surface area contributed by atoms with Crippen molar-refractivity contribution in [2.45, 2.75) is 19.3 Å². The molecule has 0 atom stereocenters. The van der Waals surface area contributed by atoms with Crippen molar-refractivity contribution in [1.29, 1.82) is 0 Å². The first-order valence-electron chi connectivity index (χ1n) is 9.95. The summed E-state index contributed by atoms with van der Waals surface area (Å²) in [6.45, 7) is 2.06. The molecule has 0 bridgehead atoms. The molecule has 1 aliphatic heterocycles. The van der Waals surface area contributed by atoms with Gasteiger partial charge in [0.2, 0.25) is 5.95 Å². The zero-order chi connectivity index (χ0) is 20.1. The van der Waals surface area contributed by atoms with Gasteiger partial charge in [-0.25, -0.2) is 4.98 Å². The summed E-state index contributed by atoms with van der Waals surface area (Å²) < 4.78 is 10.7. The van der Waals surface area contributed by atoms with E-state index in [0.717, 1.165) is 35.9 Å². The van der Waals surface area contributed by atoms with Crippen LogP contribution in [0.5, 0.6) is 11.5 Å². The quantitative estimate of drug-likeness (QED) is 0.646. The zero-order valence-corrected chi connectivity index (χ0v) is 16.9. The topological polar surface area (TPSA) is 59.5 Å². The Bertz CT molecular complexity index is 956. The Kier molecular flexibility index (Phi) is 5.79. The van der Waals surface area contributed by atoms with Crippen LogP contribution >= 0.6 is 0 Å². The van der Waals surface area contributed by atoms with E-state index < -0.39 is 0 Å². The number of benzene rings is 2. The highest BCUT2D eigenvalue weighted by molar-refractivity contribution is 5.67. The molecular weight excluding hydrogens is 364 g/mol. The van der Waals surface area contributed by atoms with Crippen molar-refractivity contribution in [3.8, 4) is 22.8 Å². The third kappa shape index (κ3) is 4.42. The molecule has 3 aromatic rings. The van der Waals surface area contributed by atoms with Gasteiger partial charge in [0.1, 0.15) is 5.82 Å². The maximum Gasteiger partial charge on any atom is 0.229 e. The molecule has 1 saturated heterocycles. The van der Waals surface area contributed by atoms with Gasteiger partial charge in [0.25, 0.3) is 0 Å². The molecule has 1 aromatic heterocycles. The first-order chi connectivity index (χ1) is 14.3. The number of nitrogens with one attached hydrogen (secondary N) is 1. The molecule has 0 aliphatic carbocycles. The van der Waals surface area contributed by atoms with Crippen molar-refractivity contribution in [2.24, 2.45) is 0 Å². The zero-order valence-electron chi connectivity index (χ0n) is 16.9. The Hall–Kier alpha value is -3.28. The lowest BCUT2D eigenvalue weighted by molar-refractivity contribution is 0.355. The van der Waals surface area contributed by atoms with E-state index in [1.807, 2.05) is 36.4 Å². The third-order valence-corrected chi connectivity index (χ3v) is 5.10. The smallest absolute Gasteiger partial charge is 0.229 e. The predicted octanol–water partition coefficient (Wildman–Crippen LogP) is 4.89. The van der Waals surface area contributed by atoms with E-state index in [2.05, 4.69) is 28.4 Å². The van der Waals surface area contributed by atoms with E-state index in [4.69, 9.17) is 19.4 Å². The van der Waals surface area contributed by atoms with Crippen LogP contribution in [-0.4, -0.2) is 37.3 Å². The van der Waals surface area contributed by atoms with Crippen LogP contribution in [0.1, 0.15) is 19.3 Å². The minimum Gasteiger partial charge on any atom is -0.493 e. The molecule has 2 heterocycles. The van der Waals surface area contributed by atoms with Gasteiger partial charge < -0.3 is 19.7 Å². The van der Waals surface area contributed by atoms with Crippen LogP contribution in [-0.2, 0) is 0 Å². The van der Waals surface area contributed by atoms with E-state index >= 15 is 0 Å². The molecule has 1 N–H and O–H groups in total. The Morgan fingerprint density at radius 2 is 1.59 bits per heavy atom. The van der Waals surface area contributed by atoms with Crippen molar-refractivity contribution < 1.29 is 9.47 Å². The SMILES string of the molecule is COc1ccc(Nc2nc(-c3ccccc3)cc(N3CCCCC3)n2)cc1OC. The Balaban J connectivity index is 1.70. The normalized spacial score (nSPS) is 13.8. The number of hydrogen-bond acceptors (Lipinski definition) is 6. The summed E-state index contributed by atoms with van der Waals surface area (Å²) in [5.41, 5.74) is 2.82. The second-order valence-corrected chi connectivity index (χ2v) is 7.04. The second kappa shape index (κ2) is 8.82. The van der Waals surface area contributed by atoms with Crippen LogP contribution < -0.4 is 19.7 Å². The summed E-state index contributed by atoms with van der Waals surface area (Å²) in [6, 6.07) is 18.0. The van der Waals surface area contributed by atoms with Gasteiger partial charge in [0.05, 0.1) is 19.9 Å². The molecular formula is C23H26N4O2. The van der Waals surface area contributed by atoms with E-state index in [1.54, 1.807) is 14.2 Å². The van der Waals surface area contributed by atoms with Crippen LogP contribution in [0.3, 0.4) is 0 Å². The Morgan fingerprint density at radius 1 is 0.828 bits per heavy atom. The Morgan fingerprint density at radius 3 is 2.31 bits per heavy atom. The Labute approximate surface area is 171 Å². The lowest BCUT2D eigenvalue weighted by Gasteiger charge is -2.28. The summed E-state index contributed by atoms with van der Waals surface area (Å²) in [6.07, 6.45) is 3.68. The molecule has 0 saturated carbocycles. The minimum atomic E-state index is 0.569. The standard InChI is InChI=1S/C23H26N4O2/c1-28-20-12-11-18(15-21(20)29-2)24-23-25-19(17-9-5-3-6-10-17)16-22(26-23)27-13-7-4-8-14-27/h3,5-6,9-12,15-16H,4,7-8,13-14H2,1-2H3,(H,24,25,26). The summed E-state index contributed by atoms with van der Waals surface area (Å²) >= 11 is 0. The molecule has 0 spiro atoms. The largest absolute Gasteiger partial charge is 0.493 e. The predicted molar refractivity (Wildman–Crippen MR) is 116 cm³/mol. The maximum absolute atomic E-state index is 5.41. The van der Waals surface area contributed by atoms with Gasteiger partial charge in [-0.3, -0.25) is 0 Å². The fraction of sp³-hybridized carbons (Fsp3) is 0.304. The number of hydrogen-bond donors (Lipinski definition) is 1. The highest BCUT2D eigenvalue weighted by atomic mass is 16.5. The van der Waals surface area contributed by atoms with E-state index in [-0.39, 0.29) is 0 Å². The molecule has 6 heteroatoms. The fourth-order valence-corrected chi connectivity index (χ4v) is 3.58. The summed E-state index contributed by atoms with van der Waals surface area (Å²) in [7, 11) is 3.25. The van der Waals surface area contributed by atoms with Crippen molar-refractivity contribution in [2.75, 3.05) is 37.5 Å². The average molecular weight is 390 g/mol. The van der Waals surface area contributed by atoms with Gasteiger partial charge in [0, 0.05) is 36.5 Å². The lowest BCUT2D eigenvalue weighted by atomic mass is 10.1. The molecule has 150 valence electrons. The monoisotopic (exact) mass is 390 g/mol. The van der Waals surface area contributed by atoms with Crippen LogP contribution in [0.4, 0.5) is 17.5 Å². The molecule has 29 heavy (non-hydrogen) atoms. The first-order valence-corrected chi connectivity index (χ1v) is 9.95. The molecule has 0 amide bonds. The van der Waals surface area contributed by atoms with Gasteiger partial charge in [-0.15, -0.1) is 0 Å². The van der Waals surface area contributed by atoms with Crippen LogP contribution in [0, 0.1) is 0 Å². The highest BCUT2D eigenvalue weighted by Crippen LogP contribution is 2.32. The lowest BCUT2D eigenvalue weighted by Crippen LogP contribution is -2.30. The van der Waals surface area contributed by atoms with Gasteiger partial charge >= 0.3 is 0 Å². The highest BCUT2D eigenvalue weighted by Gasteiger charge is 2.16. The molecule has 2 aromatic carbocycles. The first kappa shape index (κ1) is 19.1. The van der Waals surface area contributed by atoms with Crippen LogP contribution in [0.15, 0.2) is 54.6 Å². The maximum atomic E-state index is 5.41.